The van der Waals surface area contributed by atoms with Crippen LogP contribution in [0.4, 0.5) is 0 Å². The summed E-state index contributed by atoms with van der Waals surface area (Å²) >= 11 is 0. The molecule has 2 rings (SSSR count). The highest BCUT2D eigenvalue weighted by Gasteiger charge is 2.25. The molecule has 0 bridgehead atoms. The van der Waals surface area contributed by atoms with Gasteiger partial charge in [-0.1, -0.05) is 31.0 Å². The molecule has 0 saturated heterocycles. The van der Waals surface area contributed by atoms with E-state index >= 15 is 0 Å². The molecule has 1 aliphatic carbocycles. The van der Waals surface area contributed by atoms with E-state index in [2.05, 4.69) is 18.2 Å². The summed E-state index contributed by atoms with van der Waals surface area (Å²) in [5, 5.41) is 0. The summed E-state index contributed by atoms with van der Waals surface area (Å²) in [6, 6.07) is 8.64. The quantitative estimate of drug-likeness (QED) is 0.848. The number of rotatable bonds is 3. The zero-order valence-corrected chi connectivity index (χ0v) is 9.99. The van der Waals surface area contributed by atoms with Gasteiger partial charge in [-0.25, -0.2) is 0 Å². The van der Waals surface area contributed by atoms with Gasteiger partial charge >= 0.3 is 0 Å². The Kier molecular flexibility index (Phi) is 3.83. The van der Waals surface area contributed by atoms with Crippen LogP contribution >= 0.6 is 0 Å². The predicted molar refractivity (Wildman–Crippen MR) is 66.8 cm³/mol. The summed E-state index contributed by atoms with van der Waals surface area (Å²) in [4.78, 5) is 0. The Morgan fingerprint density at radius 3 is 2.75 bits per heavy atom. The first kappa shape index (κ1) is 11.5. The molecule has 2 unspecified atom stereocenters. The second-order valence-electron chi connectivity index (χ2n) is 4.53. The molecular formula is C14H21NO. The Labute approximate surface area is 97.8 Å². The lowest BCUT2D eigenvalue weighted by Gasteiger charge is -2.30. The van der Waals surface area contributed by atoms with Gasteiger partial charge in [0.25, 0.3) is 0 Å². The zero-order chi connectivity index (χ0) is 11.4. The Morgan fingerprint density at radius 2 is 2.00 bits per heavy atom. The molecule has 1 aromatic rings. The Hall–Kier alpha value is -1.02. The van der Waals surface area contributed by atoms with Gasteiger partial charge in [0.1, 0.15) is 5.75 Å². The zero-order valence-electron chi connectivity index (χ0n) is 9.99. The smallest absolute Gasteiger partial charge is 0.122 e. The molecule has 2 N–H and O–H groups in total. The van der Waals surface area contributed by atoms with E-state index in [0.29, 0.717) is 12.0 Å². The maximum Gasteiger partial charge on any atom is 0.122 e. The van der Waals surface area contributed by atoms with Crippen molar-refractivity contribution >= 4 is 0 Å². The molecule has 1 fully saturated rings. The van der Waals surface area contributed by atoms with Crippen LogP contribution in [-0.2, 0) is 0 Å². The van der Waals surface area contributed by atoms with Gasteiger partial charge in [-0.05, 0) is 31.4 Å². The van der Waals surface area contributed by atoms with Crippen molar-refractivity contribution in [1.29, 1.82) is 0 Å². The molecule has 0 spiro atoms. The molecular weight excluding hydrogens is 198 g/mol. The lowest BCUT2D eigenvalue weighted by molar-refractivity contribution is 0.321. The van der Waals surface area contributed by atoms with Crippen LogP contribution < -0.4 is 10.5 Å². The van der Waals surface area contributed by atoms with Crippen LogP contribution in [0.5, 0.6) is 5.75 Å². The van der Waals surface area contributed by atoms with Gasteiger partial charge in [0.05, 0.1) is 6.61 Å². The molecule has 1 saturated carbocycles. The van der Waals surface area contributed by atoms with Gasteiger partial charge in [0, 0.05) is 12.0 Å². The molecule has 88 valence electrons. The van der Waals surface area contributed by atoms with E-state index in [-0.39, 0.29) is 0 Å². The van der Waals surface area contributed by atoms with Crippen molar-refractivity contribution in [2.75, 3.05) is 6.61 Å². The highest BCUT2D eigenvalue weighted by Crippen LogP contribution is 2.36. The van der Waals surface area contributed by atoms with Crippen molar-refractivity contribution < 1.29 is 4.74 Å². The van der Waals surface area contributed by atoms with Crippen molar-refractivity contribution in [2.24, 2.45) is 5.73 Å². The SMILES string of the molecule is CCOc1ccccc1C1CCCCC1N. The Balaban J connectivity index is 2.23. The van der Waals surface area contributed by atoms with Crippen LogP contribution in [0.2, 0.25) is 0 Å². The fourth-order valence-electron chi connectivity index (χ4n) is 2.62. The van der Waals surface area contributed by atoms with Gasteiger partial charge in [-0.2, -0.15) is 0 Å². The third-order valence-corrected chi connectivity index (χ3v) is 3.44. The van der Waals surface area contributed by atoms with E-state index in [1.807, 2.05) is 13.0 Å². The van der Waals surface area contributed by atoms with Crippen molar-refractivity contribution in [2.45, 2.75) is 44.6 Å². The third kappa shape index (κ3) is 2.38. The van der Waals surface area contributed by atoms with E-state index in [4.69, 9.17) is 10.5 Å². The maximum atomic E-state index is 6.22. The first-order chi connectivity index (χ1) is 7.83. The molecule has 2 atom stereocenters. The van der Waals surface area contributed by atoms with E-state index in [1.54, 1.807) is 0 Å². The van der Waals surface area contributed by atoms with Crippen molar-refractivity contribution in [3.63, 3.8) is 0 Å². The van der Waals surface area contributed by atoms with Crippen molar-refractivity contribution in [3.05, 3.63) is 29.8 Å². The molecule has 0 amide bonds. The normalized spacial score (nSPS) is 25.4. The van der Waals surface area contributed by atoms with Crippen LogP contribution in [0.15, 0.2) is 24.3 Å². The fraction of sp³-hybridized carbons (Fsp3) is 0.571. The average Bonchev–Trinajstić information content (AvgIpc) is 2.31. The minimum absolute atomic E-state index is 0.301. The van der Waals surface area contributed by atoms with Crippen molar-refractivity contribution in [1.82, 2.24) is 0 Å². The summed E-state index contributed by atoms with van der Waals surface area (Å²) in [7, 11) is 0. The minimum atomic E-state index is 0.301. The van der Waals surface area contributed by atoms with Gasteiger partial charge in [0.15, 0.2) is 0 Å². The average molecular weight is 219 g/mol. The number of nitrogens with two attached hydrogens (primary N) is 1. The van der Waals surface area contributed by atoms with E-state index in [0.717, 1.165) is 18.8 Å². The Bertz CT molecular complexity index is 337. The maximum absolute atomic E-state index is 6.22. The van der Waals surface area contributed by atoms with Crippen LogP contribution in [0.25, 0.3) is 0 Å². The molecule has 2 nitrogen and oxygen atoms in total. The minimum Gasteiger partial charge on any atom is -0.494 e. The summed E-state index contributed by atoms with van der Waals surface area (Å²) in [6.07, 6.45) is 4.91. The largest absolute Gasteiger partial charge is 0.494 e. The lowest BCUT2D eigenvalue weighted by atomic mass is 9.80. The molecule has 2 heteroatoms. The van der Waals surface area contributed by atoms with Crippen LogP contribution in [-0.4, -0.2) is 12.6 Å². The van der Waals surface area contributed by atoms with Crippen LogP contribution in [0.3, 0.4) is 0 Å². The monoisotopic (exact) mass is 219 g/mol. The lowest BCUT2D eigenvalue weighted by Crippen LogP contribution is -2.31. The number of hydrogen-bond donors (Lipinski definition) is 1. The van der Waals surface area contributed by atoms with Crippen LogP contribution in [0, 0.1) is 0 Å². The summed E-state index contributed by atoms with van der Waals surface area (Å²) < 4.78 is 5.68. The fourth-order valence-corrected chi connectivity index (χ4v) is 2.62. The van der Waals surface area contributed by atoms with Crippen LogP contribution in [0.1, 0.15) is 44.1 Å². The summed E-state index contributed by atoms with van der Waals surface area (Å²) in [5.74, 6) is 1.50. The molecule has 16 heavy (non-hydrogen) atoms. The second kappa shape index (κ2) is 5.35. The van der Waals surface area contributed by atoms with Gasteiger partial charge < -0.3 is 10.5 Å². The topological polar surface area (TPSA) is 35.2 Å². The first-order valence-corrected chi connectivity index (χ1v) is 6.30. The van der Waals surface area contributed by atoms with Gasteiger partial charge in [-0.15, -0.1) is 0 Å². The van der Waals surface area contributed by atoms with Crippen molar-refractivity contribution in [3.8, 4) is 5.75 Å². The molecule has 1 aromatic carbocycles. The highest BCUT2D eigenvalue weighted by molar-refractivity contribution is 5.37. The molecule has 0 heterocycles. The van der Waals surface area contributed by atoms with E-state index < -0.39 is 0 Å². The highest BCUT2D eigenvalue weighted by atomic mass is 16.5. The number of para-hydroxylation sites is 1. The predicted octanol–water partition coefficient (Wildman–Crippen LogP) is 3.07. The van der Waals surface area contributed by atoms with Gasteiger partial charge in [-0.3, -0.25) is 0 Å². The number of benzene rings is 1. The molecule has 1 aliphatic rings. The number of ether oxygens (including phenoxy) is 1. The summed E-state index contributed by atoms with van der Waals surface area (Å²) in [5.41, 5.74) is 7.52. The van der Waals surface area contributed by atoms with Gasteiger partial charge in [0.2, 0.25) is 0 Å². The first-order valence-electron chi connectivity index (χ1n) is 6.30. The second-order valence-corrected chi connectivity index (χ2v) is 4.53. The standard InChI is InChI=1S/C14H21NO/c1-2-16-14-10-6-4-8-12(14)11-7-3-5-9-13(11)15/h4,6,8,10-11,13H,2-3,5,7,9,15H2,1H3. The number of hydrogen-bond acceptors (Lipinski definition) is 2. The Morgan fingerprint density at radius 1 is 1.25 bits per heavy atom. The third-order valence-electron chi connectivity index (χ3n) is 3.44. The van der Waals surface area contributed by atoms with E-state index in [1.165, 1.54) is 24.8 Å². The summed E-state index contributed by atoms with van der Waals surface area (Å²) in [6.45, 7) is 2.75. The molecule has 0 aromatic heterocycles. The van der Waals surface area contributed by atoms with E-state index in [9.17, 15) is 0 Å². The molecule has 0 radical (unpaired) electrons. The molecule has 0 aliphatic heterocycles.